The predicted octanol–water partition coefficient (Wildman–Crippen LogP) is 1.59. The van der Waals surface area contributed by atoms with Crippen LogP contribution in [0.15, 0.2) is 24.3 Å². The number of benzene rings is 1. The molecule has 0 saturated carbocycles. The second kappa shape index (κ2) is 4.29. The van der Waals surface area contributed by atoms with Crippen molar-refractivity contribution in [2.45, 2.75) is 5.50 Å². The van der Waals surface area contributed by atoms with E-state index in [-0.39, 0.29) is 5.50 Å². The van der Waals surface area contributed by atoms with Crippen LogP contribution in [-0.2, 0) is 0 Å². The number of hydrogen-bond acceptors (Lipinski definition) is 3. The number of nitrogens with two attached hydrogens (primary N) is 1. The first kappa shape index (κ1) is 10.6. The molecule has 1 fully saturated rings. The van der Waals surface area contributed by atoms with Crippen LogP contribution < -0.4 is 10.6 Å². The van der Waals surface area contributed by atoms with Crippen LogP contribution in [0.5, 0.6) is 0 Å². The SMILES string of the molecule is CN1CCN(c2ccc(N)cc2)CC1Cl. The highest BCUT2D eigenvalue weighted by molar-refractivity contribution is 6.20. The Kier molecular flexibility index (Phi) is 3.03. The molecule has 1 aliphatic rings. The number of nitrogen functional groups attached to an aromatic ring is 1. The number of likely N-dealkylation sites (N-methyl/N-ethyl adjacent to an activating group) is 1. The van der Waals surface area contributed by atoms with Crippen molar-refractivity contribution in [1.29, 1.82) is 0 Å². The highest BCUT2D eigenvalue weighted by Gasteiger charge is 2.22. The zero-order valence-corrected chi connectivity index (χ0v) is 9.61. The zero-order chi connectivity index (χ0) is 10.8. The Morgan fingerprint density at radius 3 is 2.53 bits per heavy atom. The number of piperazine rings is 1. The maximum absolute atomic E-state index is 6.20. The molecule has 0 amide bonds. The maximum Gasteiger partial charge on any atom is 0.103 e. The molecule has 3 nitrogen and oxygen atoms in total. The van der Waals surface area contributed by atoms with Gasteiger partial charge in [0.2, 0.25) is 0 Å². The van der Waals surface area contributed by atoms with E-state index in [1.807, 2.05) is 24.3 Å². The summed E-state index contributed by atoms with van der Waals surface area (Å²) in [5.74, 6) is 0. The molecule has 0 aliphatic carbocycles. The number of hydrogen-bond donors (Lipinski definition) is 1. The molecule has 0 spiro atoms. The highest BCUT2D eigenvalue weighted by Crippen LogP contribution is 2.20. The lowest BCUT2D eigenvalue weighted by Gasteiger charge is -2.37. The van der Waals surface area contributed by atoms with Gasteiger partial charge in [-0.1, -0.05) is 0 Å². The Morgan fingerprint density at radius 1 is 1.27 bits per heavy atom. The van der Waals surface area contributed by atoms with E-state index in [4.69, 9.17) is 17.3 Å². The molecule has 0 radical (unpaired) electrons. The molecule has 1 saturated heterocycles. The summed E-state index contributed by atoms with van der Waals surface area (Å²) >= 11 is 6.20. The molecule has 1 heterocycles. The minimum Gasteiger partial charge on any atom is -0.399 e. The molecule has 1 aliphatic heterocycles. The van der Waals surface area contributed by atoms with E-state index < -0.39 is 0 Å². The van der Waals surface area contributed by atoms with Gasteiger partial charge in [-0.15, -0.1) is 11.6 Å². The number of anilines is 2. The fourth-order valence-corrected chi connectivity index (χ4v) is 2.01. The third-order valence-electron chi connectivity index (χ3n) is 2.83. The van der Waals surface area contributed by atoms with Gasteiger partial charge in [0.15, 0.2) is 0 Å². The molecular formula is C11H16ClN3. The van der Waals surface area contributed by atoms with Gasteiger partial charge < -0.3 is 10.6 Å². The summed E-state index contributed by atoms with van der Waals surface area (Å²) in [5.41, 5.74) is 7.74. The molecule has 1 atom stereocenters. The molecular weight excluding hydrogens is 210 g/mol. The highest BCUT2D eigenvalue weighted by atomic mass is 35.5. The van der Waals surface area contributed by atoms with E-state index in [0.29, 0.717) is 0 Å². The van der Waals surface area contributed by atoms with Crippen LogP contribution in [0.3, 0.4) is 0 Å². The molecule has 4 heteroatoms. The molecule has 1 unspecified atom stereocenters. The summed E-state index contributed by atoms with van der Waals surface area (Å²) in [6.07, 6.45) is 0. The average molecular weight is 226 g/mol. The predicted molar refractivity (Wildman–Crippen MR) is 65.3 cm³/mol. The van der Waals surface area contributed by atoms with Gasteiger partial charge in [0.05, 0.1) is 0 Å². The standard InChI is InChI=1S/C11H16ClN3/c1-14-6-7-15(8-11(14)12)10-4-2-9(13)3-5-10/h2-5,11H,6-8,13H2,1H3. The Balaban J connectivity index is 2.08. The minimum atomic E-state index is 0.0938. The molecule has 15 heavy (non-hydrogen) atoms. The van der Waals surface area contributed by atoms with E-state index in [1.165, 1.54) is 5.69 Å². The number of halogens is 1. The third kappa shape index (κ3) is 2.36. The van der Waals surface area contributed by atoms with Crippen molar-refractivity contribution >= 4 is 23.0 Å². The second-order valence-corrected chi connectivity index (χ2v) is 4.46. The molecule has 1 aromatic carbocycles. The fraction of sp³-hybridized carbons (Fsp3) is 0.455. The van der Waals surface area contributed by atoms with Crippen molar-refractivity contribution in [3.8, 4) is 0 Å². The molecule has 82 valence electrons. The van der Waals surface area contributed by atoms with Gasteiger partial charge in [-0.3, -0.25) is 4.90 Å². The third-order valence-corrected chi connectivity index (χ3v) is 3.30. The summed E-state index contributed by atoms with van der Waals surface area (Å²) in [5, 5.41) is 0. The van der Waals surface area contributed by atoms with Crippen LogP contribution in [0.2, 0.25) is 0 Å². The minimum absolute atomic E-state index is 0.0938. The van der Waals surface area contributed by atoms with Gasteiger partial charge in [-0.25, -0.2) is 0 Å². The quantitative estimate of drug-likeness (QED) is 0.448. The first-order valence-corrected chi connectivity index (χ1v) is 5.55. The van der Waals surface area contributed by atoms with Crippen molar-refractivity contribution in [1.82, 2.24) is 4.90 Å². The summed E-state index contributed by atoms with van der Waals surface area (Å²) in [6, 6.07) is 7.95. The van der Waals surface area contributed by atoms with Crippen LogP contribution >= 0.6 is 11.6 Å². The molecule has 1 aromatic rings. The van der Waals surface area contributed by atoms with Crippen LogP contribution in [0.25, 0.3) is 0 Å². The fourth-order valence-electron chi connectivity index (χ4n) is 1.75. The van der Waals surface area contributed by atoms with E-state index >= 15 is 0 Å². The maximum atomic E-state index is 6.20. The monoisotopic (exact) mass is 225 g/mol. The van der Waals surface area contributed by atoms with Crippen molar-refractivity contribution in [3.63, 3.8) is 0 Å². The zero-order valence-electron chi connectivity index (χ0n) is 8.86. The normalized spacial score (nSPS) is 23.1. The Morgan fingerprint density at radius 2 is 1.93 bits per heavy atom. The van der Waals surface area contributed by atoms with E-state index in [0.717, 1.165) is 25.3 Å². The van der Waals surface area contributed by atoms with Crippen LogP contribution in [0.1, 0.15) is 0 Å². The topological polar surface area (TPSA) is 32.5 Å². The van der Waals surface area contributed by atoms with E-state index in [2.05, 4.69) is 16.8 Å². The van der Waals surface area contributed by atoms with Crippen LogP contribution in [-0.4, -0.2) is 37.1 Å². The first-order valence-electron chi connectivity index (χ1n) is 5.11. The summed E-state index contributed by atoms with van der Waals surface area (Å²) in [4.78, 5) is 4.45. The van der Waals surface area contributed by atoms with Gasteiger partial charge >= 0.3 is 0 Å². The smallest absolute Gasteiger partial charge is 0.103 e. The number of rotatable bonds is 1. The van der Waals surface area contributed by atoms with Crippen molar-refractivity contribution in [3.05, 3.63) is 24.3 Å². The Hall–Kier alpha value is -0.930. The van der Waals surface area contributed by atoms with E-state index in [1.54, 1.807) is 0 Å². The van der Waals surface area contributed by atoms with Gasteiger partial charge in [0.25, 0.3) is 0 Å². The lowest BCUT2D eigenvalue weighted by molar-refractivity contribution is 0.282. The van der Waals surface area contributed by atoms with Crippen molar-refractivity contribution in [2.24, 2.45) is 0 Å². The van der Waals surface area contributed by atoms with Gasteiger partial charge in [-0.05, 0) is 31.3 Å². The number of alkyl halides is 1. The van der Waals surface area contributed by atoms with E-state index in [9.17, 15) is 0 Å². The molecule has 0 aromatic heterocycles. The Labute approximate surface area is 95.4 Å². The lowest BCUT2D eigenvalue weighted by Crippen LogP contribution is -2.49. The summed E-state index contributed by atoms with van der Waals surface area (Å²) < 4.78 is 0. The molecule has 2 N–H and O–H groups in total. The number of nitrogens with zero attached hydrogens (tertiary/aromatic N) is 2. The second-order valence-electron chi connectivity index (χ2n) is 3.95. The van der Waals surface area contributed by atoms with Crippen LogP contribution in [0.4, 0.5) is 11.4 Å². The summed E-state index contributed by atoms with van der Waals surface area (Å²) in [7, 11) is 2.05. The first-order chi connectivity index (χ1) is 7.16. The lowest BCUT2D eigenvalue weighted by atomic mass is 10.2. The summed E-state index contributed by atoms with van der Waals surface area (Å²) in [6.45, 7) is 2.88. The van der Waals surface area contributed by atoms with Gasteiger partial charge in [-0.2, -0.15) is 0 Å². The van der Waals surface area contributed by atoms with Crippen LogP contribution in [0, 0.1) is 0 Å². The van der Waals surface area contributed by atoms with Crippen molar-refractivity contribution < 1.29 is 0 Å². The average Bonchev–Trinajstić information content (AvgIpc) is 2.23. The van der Waals surface area contributed by atoms with Gasteiger partial charge in [0.1, 0.15) is 5.50 Å². The molecule has 2 rings (SSSR count). The molecule has 0 bridgehead atoms. The Bertz CT molecular complexity index is 325. The van der Waals surface area contributed by atoms with Gasteiger partial charge in [0, 0.05) is 31.0 Å². The largest absolute Gasteiger partial charge is 0.399 e. The van der Waals surface area contributed by atoms with Crippen molar-refractivity contribution in [2.75, 3.05) is 37.3 Å².